The van der Waals surface area contributed by atoms with Gasteiger partial charge in [0.15, 0.2) is 11.5 Å². The molecule has 1 aromatic carbocycles. The molecule has 0 atom stereocenters. The van der Waals surface area contributed by atoms with E-state index >= 15 is 0 Å². The molecule has 0 unspecified atom stereocenters. The molecule has 0 aliphatic heterocycles. The van der Waals surface area contributed by atoms with Gasteiger partial charge in [0, 0.05) is 12.6 Å². The maximum Gasteiger partial charge on any atom is 0.255 e. The molecule has 0 bridgehead atoms. The molecule has 5 nitrogen and oxygen atoms in total. The number of methoxy groups -OCH3 is 2. The lowest BCUT2D eigenvalue weighted by molar-refractivity contribution is 0.0947. The molecule has 5 heteroatoms. The van der Waals surface area contributed by atoms with E-state index in [2.05, 4.69) is 17.3 Å². The predicted molar refractivity (Wildman–Crippen MR) is 96.0 cm³/mol. The van der Waals surface area contributed by atoms with E-state index in [4.69, 9.17) is 9.47 Å². The monoisotopic (exact) mass is 334 g/mol. The second-order valence-electron chi connectivity index (χ2n) is 6.42. The third-order valence-corrected chi connectivity index (χ3v) is 4.82. The minimum absolute atomic E-state index is 0.119. The molecule has 1 N–H and O–H groups in total. The summed E-state index contributed by atoms with van der Waals surface area (Å²) in [5, 5.41) is 2.98. The quantitative estimate of drug-likeness (QED) is 0.742. The lowest BCUT2D eigenvalue weighted by atomic mass is 9.94. The molecule has 24 heavy (non-hydrogen) atoms. The zero-order valence-electron chi connectivity index (χ0n) is 15.1. The summed E-state index contributed by atoms with van der Waals surface area (Å²) < 4.78 is 10.6. The van der Waals surface area contributed by atoms with Gasteiger partial charge in [-0.1, -0.05) is 25.3 Å². The minimum Gasteiger partial charge on any atom is -0.493 e. The number of nitrogens with zero attached hydrogens (tertiary/aromatic N) is 1. The van der Waals surface area contributed by atoms with Crippen LogP contribution in [0.2, 0.25) is 0 Å². The van der Waals surface area contributed by atoms with E-state index in [0.717, 1.165) is 13.0 Å². The normalized spacial score (nSPS) is 15.3. The summed E-state index contributed by atoms with van der Waals surface area (Å²) in [6, 6.07) is 6.06. The summed E-state index contributed by atoms with van der Waals surface area (Å²) in [7, 11) is 5.32. The minimum atomic E-state index is -0.119. The fraction of sp³-hybridized carbons (Fsp3) is 0.632. The highest BCUT2D eigenvalue weighted by Gasteiger charge is 2.18. The van der Waals surface area contributed by atoms with Crippen LogP contribution in [0.1, 0.15) is 48.9 Å². The maximum absolute atomic E-state index is 12.4. The van der Waals surface area contributed by atoms with Crippen LogP contribution >= 0.6 is 0 Å². The second-order valence-corrected chi connectivity index (χ2v) is 6.42. The molecule has 0 aromatic heterocycles. The first-order chi connectivity index (χ1) is 11.7. The number of para-hydroxylation sites is 1. The third-order valence-electron chi connectivity index (χ3n) is 4.82. The molecular weight excluding hydrogens is 304 g/mol. The summed E-state index contributed by atoms with van der Waals surface area (Å²) in [5.41, 5.74) is 0.512. The molecule has 0 saturated heterocycles. The van der Waals surface area contributed by atoms with Crippen LogP contribution < -0.4 is 14.8 Å². The van der Waals surface area contributed by atoms with Gasteiger partial charge < -0.3 is 19.7 Å². The van der Waals surface area contributed by atoms with Crippen LogP contribution in [0.5, 0.6) is 11.5 Å². The Morgan fingerprint density at radius 1 is 1.21 bits per heavy atom. The van der Waals surface area contributed by atoms with Gasteiger partial charge in [-0.3, -0.25) is 4.79 Å². The van der Waals surface area contributed by atoms with Crippen LogP contribution in [0.4, 0.5) is 0 Å². The number of carbonyl (C=O) groups is 1. The van der Waals surface area contributed by atoms with Gasteiger partial charge in [0.25, 0.3) is 5.91 Å². The molecular formula is C19H30N2O3. The molecule has 1 amide bonds. The summed E-state index contributed by atoms with van der Waals surface area (Å²) in [6.45, 7) is 1.68. The lowest BCUT2D eigenvalue weighted by Gasteiger charge is -2.31. The van der Waals surface area contributed by atoms with E-state index < -0.39 is 0 Å². The van der Waals surface area contributed by atoms with Crippen LogP contribution in [0.3, 0.4) is 0 Å². The highest BCUT2D eigenvalue weighted by atomic mass is 16.5. The predicted octanol–water partition coefficient (Wildman–Crippen LogP) is 3.09. The van der Waals surface area contributed by atoms with Gasteiger partial charge in [0.2, 0.25) is 0 Å². The van der Waals surface area contributed by atoms with Gasteiger partial charge in [-0.15, -0.1) is 0 Å². The Balaban J connectivity index is 1.79. The van der Waals surface area contributed by atoms with E-state index in [1.807, 2.05) is 0 Å². The van der Waals surface area contributed by atoms with E-state index in [-0.39, 0.29) is 5.91 Å². The Labute approximate surface area is 145 Å². The Hall–Kier alpha value is -1.75. The van der Waals surface area contributed by atoms with Crippen LogP contribution in [-0.2, 0) is 0 Å². The average molecular weight is 334 g/mol. The standard InChI is InChI=1S/C19H30N2O3/c1-21(15-9-5-4-6-10-15)14-8-13-20-19(22)16-11-7-12-17(23-2)18(16)24-3/h7,11-12,15H,4-6,8-10,13-14H2,1-3H3,(H,20,22). The van der Waals surface area contributed by atoms with Gasteiger partial charge in [0.1, 0.15) is 0 Å². The van der Waals surface area contributed by atoms with Crippen molar-refractivity contribution in [2.45, 2.75) is 44.6 Å². The average Bonchev–Trinajstić information content (AvgIpc) is 2.64. The van der Waals surface area contributed by atoms with E-state index in [1.54, 1.807) is 32.4 Å². The van der Waals surface area contributed by atoms with Crippen LogP contribution in [0.15, 0.2) is 18.2 Å². The van der Waals surface area contributed by atoms with Gasteiger partial charge in [-0.25, -0.2) is 0 Å². The van der Waals surface area contributed by atoms with Crippen molar-refractivity contribution >= 4 is 5.91 Å². The number of rotatable bonds is 8. The number of benzene rings is 1. The second kappa shape index (κ2) is 9.52. The molecule has 1 aromatic rings. The number of nitrogens with one attached hydrogen (secondary N) is 1. The summed E-state index contributed by atoms with van der Waals surface area (Å²) >= 11 is 0. The van der Waals surface area contributed by atoms with Crippen molar-refractivity contribution in [1.82, 2.24) is 10.2 Å². The largest absolute Gasteiger partial charge is 0.493 e. The first-order valence-corrected chi connectivity index (χ1v) is 8.86. The molecule has 0 heterocycles. The maximum atomic E-state index is 12.4. The van der Waals surface area contributed by atoms with E-state index in [0.29, 0.717) is 29.6 Å². The molecule has 0 radical (unpaired) electrons. The van der Waals surface area contributed by atoms with Crippen molar-refractivity contribution in [3.05, 3.63) is 23.8 Å². The molecule has 1 aliphatic carbocycles. The number of ether oxygens (including phenoxy) is 2. The zero-order chi connectivity index (χ0) is 17.4. The van der Waals surface area contributed by atoms with Crippen molar-refractivity contribution < 1.29 is 14.3 Å². The molecule has 1 aliphatic rings. The van der Waals surface area contributed by atoms with Crippen molar-refractivity contribution in [1.29, 1.82) is 0 Å². The lowest BCUT2D eigenvalue weighted by Crippen LogP contribution is -2.35. The first-order valence-electron chi connectivity index (χ1n) is 8.86. The SMILES string of the molecule is COc1cccc(C(=O)NCCCN(C)C2CCCCC2)c1OC. The Morgan fingerprint density at radius 3 is 2.62 bits per heavy atom. The number of carbonyl (C=O) groups excluding carboxylic acids is 1. The fourth-order valence-corrected chi connectivity index (χ4v) is 3.40. The van der Waals surface area contributed by atoms with Gasteiger partial charge in [-0.05, 0) is 45.0 Å². The van der Waals surface area contributed by atoms with Crippen LogP contribution in [-0.4, -0.2) is 51.2 Å². The van der Waals surface area contributed by atoms with Gasteiger partial charge in [0.05, 0.1) is 19.8 Å². The highest BCUT2D eigenvalue weighted by Crippen LogP contribution is 2.30. The van der Waals surface area contributed by atoms with Crippen molar-refractivity contribution in [3.8, 4) is 11.5 Å². The summed E-state index contributed by atoms with van der Waals surface area (Å²) in [6.07, 6.45) is 7.64. The Morgan fingerprint density at radius 2 is 1.96 bits per heavy atom. The number of hydrogen-bond acceptors (Lipinski definition) is 4. The molecule has 2 rings (SSSR count). The highest BCUT2D eigenvalue weighted by molar-refractivity contribution is 5.97. The van der Waals surface area contributed by atoms with Gasteiger partial charge in [-0.2, -0.15) is 0 Å². The topological polar surface area (TPSA) is 50.8 Å². The summed E-state index contributed by atoms with van der Waals surface area (Å²) in [5.74, 6) is 0.935. The van der Waals surface area contributed by atoms with Crippen molar-refractivity contribution in [3.63, 3.8) is 0 Å². The van der Waals surface area contributed by atoms with Crippen molar-refractivity contribution in [2.75, 3.05) is 34.4 Å². The van der Waals surface area contributed by atoms with Crippen LogP contribution in [0.25, 0.3) is 0 Å². The Kier molecular flexibility index (Phi) is 7.37. The zero-order valence-corrected chi connectivity index (χ0v) is 15.1. The van der Waals surface area contributed by atoms with E-state index in [9.17, 15) is 4.79 Å². The summed E-state index contributed by atoms with van der Waals surface area (Å²) in [4.78, 5) is 14.8. The van der Waals surface area contributed by atoms with Gasteiger partial charge >= 0.3 is 0 Å². The molecule has 1 fully saturated rings. The number of hydrogen-bond donors (Lipinski definition) is 1. The Bertz CT molecular complexity index is 527. The smallest absolute Gasteiger partial charge is 0.255 e. The van der Waals surface area contributed by atoms with Crippen LogP contribution in [0, 0.1) is 0 Å². The molecule has 0 spiro atoms. The fourth-order valence-electron chi connectivity index (χ4n) is 3.40. The number of amides is 1. The van der Waals surface area contributed by atoms with Crippen molar-refractivity contribution in [2.24, 2.45) is 0 Å². The third kappa shape index (κ3) is 4.87. The van der Waals surface area contributed by atoms with E-state index in [1.165, 1.54) is 32.1 Å². The molecule has 134 valence electrons. The molecule has 1 saturated carbocycles. The first kappa shape index (κ1) is 18.6.